The van der Waals surface area contributed by atoms with E-state index in [2.05, 4.69) is 21.2 Å². The molecular formula is C9H9BrClNO. The number of ether oxygens (including phenoxy) is 1. The van der Waals surface area contributed by atoms with Gasteiger partial charge >= 0.3 is 0 Å². The van der Waals surface area contributed by atoms with Gasteiger partial charge in [-0.3, -0.25) is 0 Å². The van der Waals surface area contributed by atoms with Crippen molar-refractivity contribution in [2.75, 3.05) is 18.5 Å². The highest BCUT2D eigenvalue weighted by atomic mass is 79.9. The van der Waals surface area contributed by atoms with Gasteiger partial charge in [-0.25, -0.2) is 0 Å². The second-order valence-electron chi connectivity index (χ2n) is 3.00. The minimum absolute atomic E-state index is 0.409. The lowest BCUT2D eigenvalue weighted by atomic mass is 10.2. The molecule has 0 radical (unpaired) electrons. The van der Waals surface area contributed by atoms with Gasteiger partial charge in [-0.05, 0) is 18.2 Å². The fourth-order valence-electron chi connectivity index (χ4n) is 1.15. The Morgan fingerprint density at radius 2 is 2.23 bits per heavy atom. The number of halogens is 2. The van der Waals surface area contributed by atoms with Gasteiger partial charge in [0.1, 0.15) is 0 Å². The van der Waals surface area contributed by atoms with Crippen LogP contribution in [-0.2, 0) is 4.74 Å². The molecule has 1 aromatic carbocycles. The first-order chi connectivity index (χ1) is 6.25. The van der Waals surface area contributed by atoms with E-state index in [1.54, 1.807) is 0 Å². The smallest absolute Gasteiger partial charge is 0.0729 e. The average molecular weight is 263 g/mol. The van der Waals surface area contributed by atoms with Crippen LogP contribution in [0.5, 0.6) is 0 Å². The van der Waals surface area contributed by atoms with Crippen molar-refractivity contribution in [1.82, 2.24) is 0 Å². The summed E-state index contributed by atoms with van der Waals surface area (Å²) >= 11 is 9.39. The van der Waals surface area contributed by atoms with E-state index in [1.807, 2.05) is 18.2 Å². The van der Waals surface area contributed by atoms with Crippen LogP contribution in [0.3, 0.4) is 0 Å². The van der Waals surface area contributed by atoms with Gasteiger partial charge in [0.05, 0.1) is 30.0 Å². The molecule has 4 heteroatoms. The molecule has 0 aliphatic carbocycles. The predicted molar refractivity (Wildman–Crippen MR) is 57.4 cm³/mol. The zero-order valence-electron chi connectivity index (χ0n) is 6.89. The molecule has 1 fully saturated rings. The van der Waals surface area contributed by atoms with Crippen molar-refractivity contribution in [3.63, 3.8) is 0 Å². The first kappa shape index (κ1) is 9.31. The van der Waals surface area contributed by atoms with E-state index >= 15 is 0 Å². The second kappa shape index (κ2) is 3.86. The molecule has 0 bridgehead atoms. The molecule has 0 spiro atoms. The van der Waals surface area contributed by atoms with E-state index in [0.29, 0.717) is 6.04 Å². The number of hydrogen-bond acceptors (Lipinski definition) is 2. The zero-order chi connectivity index (χ0) is 9.26. The van der Waals surface area contributed by atoms with Crippen LogP contribution in [0.25, 0.3) is 0 Å². The monoisotopic (exact) mass is 261 g/mol. The van der Waals surface area contributed by atoms with Crippen LogP contribution >= 0.6 is 27.5 Å². The van der Waals surface area contributed by atoms with Gasteiger partial charge in [0, 0.05) is 4.47 Å². The molecule has 0 saturated carbocycles. The summed E-state index contributed by atoms with van der Waals surface area (Å²) in [7, 11) is 0. The van der Waals surface area contributed by atoms with E-state index in [4.69, 9.17) is 16.3 Å². The Bertz CT molecular complexity index is 314. The van der Waals surface area contributed by atoms with Crippen molar-refractivity contribution in [2.45, 2.75) is 6.04 Å². The van der Waals surface area contributed by atoms with Crippen LogP contribution in [0, 0.1) is 0 Å². The van der Waals surface area contributed by atoms with Crippen LogP contribution in [0.2, 0.25) is 5.02 Å². The Balaban J connectivity index is 2.13. The lowest BCUT2D eigenvalue weighted by molar-refractivity contribution is 0.0211. The van der Waals surface area contributed by atoms with Gasteiger partial charge in [0.25, 0.3) is 0 Å². The molecule has 13 heavy (non-hydrogen) atoms. The molecule has 0 unspecified atom stereocenters. The third kappa shape index (κ3) is 2.16. The third-order valence-electron chi connectivity index (χ3n) is 1.93. The maximum absolute atomic E-state index is 6.00. The first-order valence-corrected chi connectivity index (χ1v) is 5.22. The van der Waals surface area contributed by atoms with Crippen molar-refractivity contribution in [3.05, 3.63) is 27.7 Å². The van der Waals surface area contributed by atoms with Gasteiger partial charge in [-0.15, -0.1) is 0 Å². The van der Waals surface area contributed by atoms with Crippen LogP contribution in [0.1, 0.15) is 0 Å². The summed E-state index contributed by atoms with van der Waals surface area (Å²) in [6.07, 6.45) is 0. The summed E-state index contributed by atoms with van der Waals surface area (Å²) < 4.78 is 6.09. The van der Waals surface area contributed by atoms with E-state index < -0.39 is 0 Å². The first-order valence-electron chi connectivity index (χ1n) is 4.05. The standard InChI is InChI=1S/C9H9BrClNO/c10-6-1-2-8(11)9(3-6)12-7-4-13-5-7/h1-3,7,12H,4-5H2. The quantitative estimate of drug-likeness (QED) is 0.885. The molecule has 1 heterocycles. The van der Waals surface area contributed by atoms with E-state index in [-0.39, 0.29) is 0 Å². The molecule has 1 aliphatic rings. The van der Waals surface area contributed by atoms with E-state index in [0.717, 1.165) is 28.4 Å². The molecule has 1 aromatic rings. The molecule has 0 atom stereocenters. The van der Waals surface area contributed by atoms with Gasteiger partial charge in [-0.2, -0.15) is 0 Å². The van der Waals surface area contributed by atoms with Crippen LogP contribution in [-0.4, -0.2) is 19.3 Å². The Hall–Kier alpha value is -0.250. The van der Waals surface area contributed by atoms with Crippen LogP contribution in [0.4, 0.5) is 5.69 Å². The topological polar surface area (TPSA) is 21.3 Å². The molecule has 1 saturated heterocycles. The van der Waals surface area contributed by atoms with Gasteiger partial charge < -0.3 is 10.1 Å². The fraction of sp³-hybridized carbons (Fsp3) is 0.333. The van der Waals surface area contributed by atoms with Gasteiger partial charge in [0.15, 0.2) is 0 Å². The lowest BCUT2D eigenvalue weighted by Gasteiger charge is -2.28. The highest BCUT2D eigenvalue weighted by Crippen LogP contribution is 2.27. The Morgan fingerprint density at radius 1 is 1.46 bits per heavy atom. The second-order valence-corrected chi connectivity index (χ2v) is 4.33. The molecule has 1 aliphatic heterocycles. The molecule has 2 rings (SSSR count). The maximum Gasteiger partial charge on any atom is 0.0729 e. The summed E-state index contributed by atoms with van der Waals surface area (Å²) in [5, 5.41) is 4.05. The van der Waals surface area contributed by atoms with E-state index in [1.165, 1.54) is 0 Å². The van der Waals surface area contributed by atoms with Crippen LogP contribution in [0.15, 0.2) is 22.7 Å². The van der Waals surface area contributed by atoms with Crippen molar-refractivity contribution in [3.8, 4) is 0 Å². The summed E-state index contributed by atoms with van der Waals surface area (Å²) in [5.74, 6) is 0. The van der Waals surface area contributed by atoms with E-state index in [9.17, 15) is 0 Å². The number of hydrogen-bond donors (Lipinski definition) is 1. The summed E-state index contributed by atoms with van der Waals surface area (Å²) in [6, 6.07) is 6.17. The molecule has 0 amide bonds. The number of nitrogens with one attached hydrogen (secondary N) is 1. The minimum atomic E-state index is 0.409. The highest BCUT2D eigenvalue weighted by molar-refractivity contribution is 9.10. The average Bonchev–Trinajstić information content (AvgIpc) is 2.03. The summed E-state index contributed by atoms with van der Waals surface area (Å²) in [5.41, 5.74) is 0.962. The lowest BCUT2D eigenvalue weighted by Crippen LogP contribution is -2.40. The van der Waals surface area contributed by atoms with Crippen molar-refractivity contribution < 1.29 is 4.74 Å². The van der Waals surface area contributed by atoms with Crippen LogP contribution < -0.4 is 5.32 Å². The molecular weight excluding hydrogens is 253 g/mol. The number of rotatable bonds is 2. The highest BCUT2D eigenvalue weighted by Gasteiger charge is 2.18. The Morgan fingerprint density at radius 3 is 2.85 bits per heavy atom. The van der Waals surface area contributed by atoms with Gasteiger partial charge in [-0.1, -0.05) is 27.5 Å². The normalized spacial score (nSPS) is 16.8. The fourth-order valence-corrected chi connectivity index (χ4v) is 1.68. The summed E-state index contributed by atoms with van der Waals surface area (Å²) in [4.78, 5) is 0. The Labute approximate surface area is 90.4 Å². The molecule has 70 valence electrons. The van der Waals surface area contributed by atoms with Gasteiger partial charge in [0.2, 0.25) is 0 Å². The SMILES string of the molecule is Clc1ccc(Br)cc1NC1COC1. The molecule has 0 aromatic heterocycles. The summed E-state index contributed by atoms with van der Waals surface area (Å²) in [6.45, 7) is 1.53. The molecule has 1 N–H and O–H groups in total. The molecule has 2 nitrogen and oxygen atoms in total. The third-order valence-corrected chi connectivity index (χ3v) is 2.75. The number of benzene rings is 1. The zero-order valence-corrected chi connectivity index (χ0v) is 9.23. The minimum Gasteiger partial charge on any atom is -0.377 e. The van der Waals surface area contributed by atoms with Crippen molar-refractivity contribution in [2.24, 2.45) is 0 Å². The maximum atomic E-state index is 6.00. The largest absolute Gasteiger partial charge is 0.377 e. The number of anilines is 1. The van der Waals surface area contributed by atoms with Crippen molar-refractivity contribution in [1.29, 1.82) is 0 Å². The predicted octanol–water partition coefficient (Wildman–Crippen LogP) is 2.91. The van der Waals surface area contributed by atoms with Crippen molar-refractivity contribution >= 4 is 33.2 Å². The Kier molecular flexibility index (Phi) is 2.77.